The van der Waals surface area contributed by atoms with Crippen LogP contribution in [0.25, 0.3) is 0 Å². The number of para-hydroxylation sites is 1. The van der Waals surface area contributed by atoms with Crippen LogP contribution in [0.3, 0.4) is 0 Å². The molecule has 3 atom stereocenters. The standard InChI is InChI=1S/C23H23NO9/c1-4-30-20(27)23(21(28)31-5-2)16-13-9-6-7-10-14(13)33-19(26)22(16,18(25)29-3)17(24-23)15-11-8-12-32-15/h6-12,16-17,24H,4-5H2,1-3H3/t16-,17-,22+/m0/s1. The van der Waals surface area contributed by atoms with Crippen LogP contribution >= 0.6 is 0 Å². The summed E-state index contributed by atoms with van der Waals surface area (Å²) in [5, 5.41) is 2.90. The van der Waals surface area contributed by atoms with Crippen molar-refractivity contribution in [2.24, 2.45) is 5.41 Å². The van der Waals surface area contributed by atoms with Crippen LogP contribution in [0.15, 0.2) is 47.1 Å². The number of furan rings is 1. The first-order valence-electron chi connectivity index (χ1n) is 10.4. The molecule has 2 aromatic rings. The molecule has 0 radical (unpaired) electrons. The molecule has 2 aliphatic heterocycles. The Balaban J connectivity index is 2.11. The first-order valence-corrected chi connectivity index (χ1v) is 10.4. The second-order valence-electron chi connectivity index (χ2n) is 7.56. The van der Waals surface area contributed by atoms with Crippen molar-refractivity contribution in [2.45, 2.75) is 31.3 Å². The molecule has 0 bridgehead atoms. The van der Waals surface area contributed by atoms with Gasteiger partial charge in [-0.05, 0) is 32.0 Å². The van der Waals surface area contributed by atoms with Crippen LogP contribution in [0.2, 0.25) is 0 Å². The summed E-state index contributed by atoms with van der Waals surface area (Å²) in [6.07, 6.45) is 1.34. The van der Waals surface area contributed by atoms with Crippen molar-refractivity contribution in [1.82, 2.24) is 5.32 Å². The fourth-order valence-electron chi connectivity index (χ4n) is 4.81. The number of ether oxygens (including phenoxy) is 4. The van der Waals surface area contributed by atoms with Gasteiger partial charge in [0.2, 0.25) is 5.54 Å². The van der Waals surface area contributed by atoms with Gasteiger partial charge in [-0.1, -0.05) is 18.2 Å². The van der Waals surface area contributed by atoms with Crippen molar-refractivity contribution >= 4 is 23.9 Å². The number of methoxy groups -OCH3 is 1. The molecule has 10 nitrogen and oxygen atoms in total. The van der Waals surface area contributed by atoms with E-state index >= 15 is 0 Å². The summed E-state index contributed by atoms with van der Waals surface area (Å²) in [6, 6.07) is 8.10. The SMILES string of the molecule is CCOC(=O)C1(C(=O)OCC)N[C@@H](c2ccco2)[C@]2(C(=O)OC)C(=O)Oc3ccccc3[C@H]12. The Morgan fingerprint density at radius 1 is 1.00 bits per heavy atom. The molecule has 3 heterocycles. The number of carbonyl (C=O) groups excluding carboxylic acids is 4. The van der Waals surface area contributed by atoms with E-state index in [9.17, 15) is 19.2 Å². The summed E-state index contributed by atoms with van der Waals surface area (Å²) in [5.41, 5.74) is -4.20. The molecular weight excluding hydrogens is 434 g/mol. The third-order valence-corrected chi connectivity index (χ3v) is 6.03. The lowest BCUT2D eigenvalue weighted by molar-refractivity contribution is -0.173. The van der Waals surface area contributed by atoms with Gasteiger partial charge in [-0.2, -0.15) is 0 Å². The summed E-state index contributed by atoms with van der Waals surface area (Å²) >= 11 is 0. The number of hydrogen-bond donors (Lipinski definition) is 1. The molecule has 0 amide bonds. The van der Waals surface area contributed by atoms with E-state index in [1.807, 2.05) is 0 Å². The van der Waals surface area contributed by atoms with Crippen molar-refractivity contribution in [3.8, 4) is 5.75 Å². The molecule has 1 fully saturated rings. The van der Waals surface area contributed by atoms with E-state index in [-0.39, 0.29) is 30.3 Å². The molecular formula is C23H23NO9. The van der Waals surface area contributed by atoms with Crippen molar-refractivity contribution < 1.29 is 42.5 Å². The molecule has 174 valence electrons. The molecule has 1 aromatic carbocycles. The van der Waals surface area contributed by atoms with Gasteiger partial charge in [0.05, 0.1) is 38.5 Å². The normalized spacial score (nSPS) is 24.8. The molecule has 10 heteroatoms. The molecule has 4 rings (SSSR count). The van der Waals surface area contributed by atoms with E-state index in [1.54, 1.807) is 38.1 Å². The highest BCUT2D eigenvalue weighted by Gasteiger charge is 2.80. The molecule has 0 spiro atoms. The Labute approximate surface area is 189 Å². The second-order valence-corrected chi connectivity index (χ2v) is 7.56. The Hall–Kier alpha value is -3.66. The fourth-order valence-corrected chi connectivity index (χ4v) is 4.81. The molecule has 0 unspecified atom stereocenters. The van der Waals surface area contributed by atoms with Gasteiger partial charge in [0.25, 0.3) is 0 Å². The van der Waals surface area contributed by atoms with Gasteiger partial charge in [-0.3, -0.25) is 14.9 Å². The minimum Gasteiger partial charge on any atom is -0.468 e. The topological polar surface area (TPSA) is 130 Å². The molecule has 0 aliphatic carbocycles. The zero-order valence-corrected chi connectivity index (χ0v) is 18.3. The number of fused-ring (bicyclic) bond motifs is 3. The Morgan fingerprint density at radius 2 is 1.67 bits per heavy atom. The third-order valence-electron chi connectivity index (χ3n) is 6.03. The highest BCUT2D eigenvalue weighted by atomic mass is 16.6. The summed E-state index contributed by atoms with van der Waals surface area (Å²) in [7, 11) is 1.11. The summed E-state index contributed by atoms with van der Waals surface area (Å²) in [5.74, 6) is -5.19. The average Bonchev–Trinajstić information content (AvgIpc) is 3.45. The summed E-state index contributed by atoms with van der Waals surface area (Å²) in [4.78, 5) is 54.0. The van der Waals surface area contributed by atoms with Crippen LogP contribution in [0.4, 0.5) is 0 Å². The molecule has 33 heavy (non-hydrogen) atoms. The van der Waals surface area contributed by atoms with E-state index in [0.29, 0.717) is 0 Å². The number of nitrogens with one attached hydrogen (secondary N) is 1. The molecule has 1 aromatic heterocycles. The van der Waals surface area contributed by atoms with E-state index in [1.165, 1.54) is 18.4 Å². The maximum atomic E-state index is 13.6. The van der Waals surface area contributed by atoms with Gasteiger partial charge in [-0.15, -0.1) is 0 Å². The molecule has 0 saturated carbocycles. The lowest BCUT2D eigenvalue weighted by Crippen LogP contribution is -2.61. The van der Waals surface area contributed by atoms with E-state index in [2.05, 4.69) is 5.32 Å². The van der Waals surface area contributed by atoms with Gasteiger partial charge >= 0.3 is 23.9 Å². The predicted molar refractivity (Wildman–Crippen MR) is 110 cm³/mol. The predicted octanol–water partition coefficient (Wildman–Crippen LogP) is 1.65. The third kappa shape index (κ3) is 2.97. The van der Waals surface area contributed by atoms with Crippen LogP contribution in [0, 0.1) is 5.41 Å². The summed E-state index contributed by atoms with van der Waals surface area (Å²) < 4.78 is 26.7. The molecule has 2 aliphatic rings. The van der Waals surface area contributed by atoms with Crippen molar-refractivity contribution in [1.29, 1.82) is 0 Å². The number of hydrogen-bond acceptors (Lipinski definition) is 10. The zero-order chi connectivity index (χ0) is 23.8. The Kier molecular flexibility index (Phi) is 5.71. The largest absolute Gasteiger partial charge is 0.468 e. The molecule has 1 N–H and O–H groups in total. The van der Waals surface area contributed by atoms with Gasteiger partial charge in [-0.25, -0.2) is 9.59 Å². The smallest absolute Gasteiger partial charge is 0.338 e. The highest BCUT2D eigenvalue weighted by molar-refractivity contribution is 6.14. The van der Waals surface area contributed by atoms with Gasteiger partial charge in [0.1, 0.15) is 11.5 Å². The van der Waals surface area contributed by atoms with Crippen molar-refractivity contribution in [2.75, 3.05) is 20.3 Å². The molecule has 1 saturated heterocycles. The number of carbonyl (C=O) groups is 4. The van der Waals surface area contributed by atoms with Crippen LogP contribution in [-0.4, -0.2) is 49.7 Å². The fraction of sp³-hybridized carbons (Fsp3) is 0.391. The zero-order valence-electron chi connectivity index (χ0n) is 18.3. The summed E-state index contributed by atoms with van der Waals surface area (Å²) in [6.45, 7) is 3.03. The number of rotatable bonds is 6. The van der Waals surface area contributed by atoms with Crippen molar-refractivity contribution in [3.05, 3.63) is 54.0 Å². The Morgan fingerprint density at radius 3 is 2.24 bits per heavy atom. The van der Waals surface area contributed by atoms with Crippen LogP contribution < -0.4 is 10.1 Å². The minimum absolute atomic E-state index is 0.0584. The van der Waals surface area contributed by atoms with Gasteiger partial charge < -0.3 is 23.4 Å². The van der Waals surface area contributed by atoms with Crippen LogP contribution in [-0.2, 0) is 33.4 Å². The van der Waals surface area contributed by atoms with Crippen LogP contribution in [0.5, 0.6) is 5.75 Å². The number of esters is 4. The minimum atomic E-state index is -2.27. The highest BCUT2D eigenvalue weighted by Crippen LogP contribution is 2.62. The van der Waals surface area contributed by atoms with Crippen molar-refractivity contribution in [3.63, 3.8) is 0 Å². The average molecular weight is 457 g/mol. The van der Waals surface area contributed by atoms with E-state index in [4.69, 9.17) is 23.4 Å². The van der Waals surface area contributed by atoms with E-state index in [0.717, 1.165) is 7.11 Å². The number of benzene rings is 1. The monoisotopic (exact) mass is 457 g/mol. The second kappa shape index (κ2) is 8.36. The van der Waals surface area contributed by atoms with Gasteiger partial charge in [0.15, 0.2) is 5.41 Å². The lowest BCUT2D eigenvalue weighted by atomic mass is 9.62. The first kappa shape index (κ1) is 22.5. The maximum Gasteiger partial charge on any atom is 0.338 e. The lowest BCUT2D eigenvalue weighted by Gasteiger charge is -2.40. The van der Waals surface area contributed by atoms with E-state index < -0.39 is 46.8 Å². The maximum absolute atomic E-state index is 13.6. The first-order chi connectivity index (χ1) is 15.9. The quantitative estimate of drug-likeness (QED) is 0.296. The van der Waals surface area contributed by atoms with Crippen LogP contribution in [0.1, 0.15) is 37.1 Å². The Bertz CT molecular complexity index is 1080. The van der Waals surface area contributed by atoms with Gasteiger partial charge in [0, 0.05) is 5.56 Å².